The molecule has 1 unspecified atom stereocenters. The third-order valence-corrected chi connectivity index (χ3v) is 4.61. The van der Waals surface area contributed by atoms with Crippen molar-refractivity contribution < 1.29 is 5.11 Å². The Kier molecular flexibility index (Phi) is 4.82. The predicted molar refractivity (Wildman–Crippen MR) is 103 cm³/mol. The lowest BCUT2D eigenvalue weighted by molar-refractivity contribution is 0.238. The van der Waals surface area contributed by atoms with Crippen LogP contribution in [0.2, 0.25) is 0 Å². The van der Waals surface area contributed by atoms with Crippen LogP contribution in [0.1, 0.15) is 46.8 Å². The van der Waals surface area contributed by atoms with E-state index in [0.29, 0.717) is 0 Å². The molecular formula is C23H24O. The van der Waals surface area contributed by atoms with Crippen LogP contribution < -0.4 is 0 Å². The highest BCUT2D eigenvalue weighted by Crippen LogP contribution is 2.31. The SMILES string of the molecule is C=C(c1ccc(C)cc1C)C(O)c1ccc(C2=CCCC=C2)cc1. The molecule has 0 bridgehead atoms. The molecule has 0 saturated carbocycles. The third-order valence-electron chi connectivity index (χ3n) is 4.61. The minimum absolute atomic E-state index is 0.684. The lowest BCUT2D eigenvalue weighted by atomic mass is 9.91. The number of hydrogen-bond donors (Lipinski definition) is 1. The van der Waals surface area contributed by atoms with Crippen LogP contribution in [-0.4, -0.2) is 5.11 Å². The van der Waals surface area contributed by atoms with E-state index in [9.17, 15) is 5.11 Å². The average molecular weight is 316 g/mol. The fourth-order valence-corrected chi connectivity index (χ4v) is 3.21. The molecule has 0 heterocycles. The molecule has 0 aliphatic heterocycles. The summed E-state index contributed by atoms with van der Waals surface area (Å²) in [6.45, 7) is 8.26. The Morgan fingerprint density at radius 2 is 1.79 bits per heavy atom. The summed E-state index contributed by atoms with van der Waals surface area (Å²) in [5.74, 6) is 0. The highest BCUT2D eigenvalue weighted by molar-refractivity contribution is 5.75. The first-order chi connectivity index (χ1) is 11.6. The second-order valence-corrected chi connectivity index (χ2v) is 6.51. The quantitative estimate of drug-likeness (QED) is 0.757. The van der Waals surface area contributed by atoms with Crippen LogP contribution in [0.5, 0.6) is 0 Å². The van der Waals surface area contributed by atoms with Gasteiger partial charge < -0.3 is 5.11 Å². The molecule has 1 heteroatoms. The monoisotopic (exact) mass is 316 g/mol. The smallest absolute Gasteiger partial charge is 0.104 e. The van der Waals surface area contributed by atoms with Crippen LogP contribution >= 0.6 is 0 Å². The molecule has 2 aromatic rings. The molecule has 1 nitrogen and oxygen atoms in total. The van der Waals surface area contributed by atoms with Gasteiger partial charge >= 0.3 is 0 Å². The zero-order valence-electron chi connectivity index (χ0n) is 14.4. The summed E-state index contributed by atoms with van der Waals surface area (Å²) >= 11 is 0. The van der Waals surface area contributed by atoms with Crippen LogP contribution in [0, 0.1) is 13.8 Å². The zero-order chi connectivity index (χ0) is 17.1. The Bertz CT molecular complexity index is 806. The van der Waals surface area contributed by atoms with Gasteiger partial charge in [0.05, 0.1) is 0 Å². The van der Waals surface area contributed by atoms with E-state index >= 15 is 0 Å². The molecule has 0 spiro atoms. The Balaban J connectivity index is 1.82. The molecule has 1 aliphatic rings. The van der Waals surface area contributed by atoms with Gasteiger partial charge in [0, 0.05) is 0 Å². The highest BCUT2D eigenvalue weighted by atomic mass is 16.3. The van der Waals surface area contributed by atoms with E-state index in [4.69, 9.17) is 0 Å². The van der Waals surface area contributed by atoms with Crippen molar-refractivity contribution in [3.05, 3.63) is 95.1 Å². The fourth-order valence-electron chi connectivity index (χ4n) is 3.21. The van der Waals surface area contributed by atoms with E-state index < -0.39 is 6.10 Å². The molecule has 122 valence electrons. The second kappa shape index (κ2) is 7.02. The third kappa shape index (κ3) is 3.42. The van der Waals surface area contributed by atoms with Gasteiger partial charge in [0.15, 0.2) is 0 Å². The molecule has 0 amide bonds. The molecule has 0 saturated heterocycles. The Morgan fingerprint density at radius 3 is 2.42 bits per heavy atom. The minimum atomic E-state index is -0.684. The summed E-state index contributed by atoms with van der Waals surface area (Å²) in [6, 6.07) is 14.4. The van der Waals surface area contributed by atoms with E-state index in [-0.39, 0.29) is 0 Å². The molecule has 0 aromatic heterocycles. The molecule has 0 radical (unpaired) electrons. The standard InChI is InChI=1S/C23H24O/c1-16-9-14-22(17(2)15-16)18(3)23(24)21-12-10-20(11-13-21)19-7-5-4-6-8-19/h5,7-15,23-24H,3-4,6H2,1-2H3. The van der Waals surface area contributed by atoms with Gasteiger partial charge in [0.25, 0.3) is 0 Å². The summed E-state index contributed by atoms with van der Waals surface area (Å²) in [5, 5.41) is 10.7. The molecule has 0 fully saturated rings. The number of rotatable bonds is 4. The molecular weight excluding hydrogens is 292 g/mol. The zero-order valence-corrected chi connectivity index (χ0v) is 14.4. The van der Waals surface area contributed by atoms with Crippen molar-refractivity contribution in [1.29, 1.82) is 0 Å². The number of hydrogen-bond acceptors (Lipinski definition) is 1. The van der Waals surface area contributed by atoms with Gasteiger partial charge in [-0.1, -0.05) is 72.8 Å². The first-order valence-corrected chi connectivity index (χ1v) is 8.48. The van der Waals surface area contributed by atoms with Crippen molar-refractivity contribution in [3.8, 4) is 0 Å². The van der Waals surface area contributed by atoms with Gasteiger partial charge in [-0.15, -0.1) is 0 Å². The summed E-state index contributed by atoms with van der Waals surface area (Å²) in [6.07, 6.45) is 8.18. The van der Waals surface area contributed by atoms with Gasteiger partial charge in [-0.3, -0.25) is 0 Å². The summed E-state index contributed by atoms with van der Waals surface area (Å²) < 4.78 is 0. The second-order valence-electron chi connectivity index (χ2n) is 6.51. The van der Waals surface area contributed by atoms with Crippen molar-refractivity contribution in [2.75, 3.05) is 0 Å². The Morgan fingerprint density at radius 1 is 1.04 bits per heavy atom. The molecule has 1 N–H and O–H groups in total. The lowest BCUT2D eigenvalue weighted by Gasteiger charge is -2.17. The molecule has 3 rings (SSSR count). The van der Waals surface area contributed by atoms with Gasteiger partial charge in [0.2, 0.25) is 0 Å². The maximum absolute atomic E-state index is 10.7. The van der Waals surface area contributed by atoms with Gasteiger partial charge in [0.1, 0.15) is 6.10 Å². The molecule has 2 aromatic carbocycles. The normalized spacial score (nSPS) is 15.0. The van der Waals surface area contributed by atoms with Gasteiger partial charge in [-0.05, 0) is 60.1 Å². The number of aliphatic hydroxyl groups is 1. The van der Waals surface area contributed by atoms with Crippen molar-refractivity contribution in [2.24, 2.45) is 0 Å². The molecule has 1 atom stereocenters. The van der Waals surface area contributed by atoms with Crippen LogP contribution in [-0.2, 0) is 0 Å². The maximum Gasteiger partial charge on any atom is 0.104 e. The van der Waals surface area contributed by atoms with Crippen LogP contribution in [0.4, 0.5) is 0 Å². The van der Waals surface area contributed by atoms with Crippen molar-refractivity contribution in [3.63, 3.8) is 0 Å². The lowest BCUT2D eigenvalue weighted by Crippen LogP contribution is -2.02. The van der Waals surface area contributed by atoms with E-state index in [1.54, 1.807) is 0 Å². The Hall–Kier alpha value is -2.38. The van der Waals surface area contributed by atoms with Crippen LogP contribution in [0.25, 0.3) is 11.1 Å². The number of benzene rings is 2. The average Bonchev–Trinajstić information content (AvgIpc) is 2.61. The molecule has 24 heavy (non-hydrogen) atoms. The highest BCUT2D eigenvalue weighted by Gasteiger charge is 2.15. The topological polar surface area (TPSA) is 20.2 Å². The number of aliphatic hydroxyl groups excluding tert-OH is 1. The van der Waals surface area contributed by atoms with E-state index in [2.05, 4.69) is 62.9 Å². The molecule has 1 aliphatic carbocycles. The summed E-state index contributed by atoms with van der Waals surface area (Å²) in [4.78, 5) is 0. The van der Waals surface area contributed by atoms with E-state index in [1.807, 2.05) is 18.2 Å². The maximum atomic E-state index is 10.7. The minimum Gasteiger partial charge on any atom is -0.384 e. The fraction of sp³-hybridized carbons (Fsp3) is 0.217. The van der Waals surface area contributed by atoms with E-state index in [0.717, 1.165) is 35.1 Å². The van der Waals surface area contributed by atoms with Crippen molar-refractivity contribution in [1.82, 2.24) is 0 Å². The van der Waals surface area contributed by atoms with Crippen LogP contribution in [0.3, 0.4) is 0 Å². The summed E-state index contributed by atoms with van der Waals surface area (Å²) in [7, 11) is 0. The number of allylic oxidation sites excluding steroid dienone is 4. The number of aryl methyl sites for hydroxylation is 2. The predicted octanol–water partition coefficient (Wildman–Crippen LogP) is 5.78. The van der Waals surface area contributed by atoms with Gasteiger partial charge in [-0.2, -0.15) is 0 Å². The first kappa shape index (κ1) is 16.5. The summed E-state index contributed by atoms with van der Waals surface area (Å²) in [5.41, 5.74) is 7.47. The van der Waals surface area contributed by atoms with E-state index in [1.165, 1.54) is 16.7 Å². The Labute approximate surface area is 144 Å². The van der Waals surface area contributed by atoms with Gasteiger partial charge in [-0.25, -0.2) is 0 Å². The van der Waals surface area contributed by atoms with Crippen LogP contribution in [0.15, 0.2) is 67.3 Å². The largest absolute Gasteiger partial charge is 0.384 e. The van der Waals surface area contributed by atoms with Crippen molar-refractivity contribution >= 4 is 11.1 Å². The first-order valence-electron chi connectivity index (χ1n) is 8.48. The van der Waals surface area contributed by atoms with Crippen molar-refractivity contribution in [2.45, 2.75) is 32.8 Å².